The Balaban J connectivity index is 2.71. The Morgan fingerprint density at radius 1 is 1.58 bits per heavy atom. The Kier molecular flexibility index (Phi) is 3.13. The van der Waals surface area contributed by atoms with E-state index in [1.165, 1.54) is 0 Å². The van der Waals surface area contributed by atoms with Crippen molar-refractivity contribution in [2.24, 2.45) is 5.92 Å². The molecule has 0 N–H and O–H groups in total. The largest absolute Gasteiger partial charge is 0.198 e. The molecule has 0 heterocycles. The molecule has 0 saturated carbocycles. The molecular formula is C10H10ClN. The number of hydrogen-bond donors (Lipinski definition) is 0. The second-order valence-corrected chi connectivity index (χ2v) is 3.30. The summed E-state index contributed by atoms with van der Waals surface area (Å²) in [4.78, 5) is 0. The minimum absolute atomic E-state index is 0.0588. The molecule has 1 unspecified atom stereocenters. The van der Waals surface area contributed by atoms with Crippen LogP contribution in [0.1, 0.15) is 12.5 Å². The van der Waals surface area contributed by atoms with Crippen molar-refractivity contribution in [3.8, 4) is 6.07 Å². The van der Waals surface area contributed by atoms with Gasteiger partial charge in [-0.3, -0.25) is 0 Å². The first-order chi connectivity index (χ1) is 5.72. The molecule has 1 nitrogen and oxygen atoms in total. The first kappa shape index (κ1) is 9.09. The van der Waals surface area contributed by atoms with E-state index in [-0.39, 0.29) is 5.92 Å². The van der Waals surface area contributed by atoms with Crippen LogP contribution in [-0.4, -0.2) is 0 Å². The fourth-order valence-electron chi connectivity index (χ4n) is 1.06. The number of nitrogens with zero attached hydrogens (tertiary/aromatic N) is 1. The van der Waals surface area contributed by atoms with Crippen LogP contribution in [0.25, 0.3) is 0 Å². The Morgan fingerprint density at radius 3 is 2.92 bits per heavy atom. The highest BCUT2D eigenvalue weighted by Gasteiger charge is 2.01. The van der Waals surface area contributed by atoms with Gasteiger partial charge >= 0.3 is 0 Å². The smallest absolute Gasteiger partial charge is 0.0656 e. The van der Waals surface area contributed by atoms with E-state index in [0.717, 1.165) is 17.0 Å². The number of hydrogen-bond acceptors (Lipinski definition) is 1. The molecule has 12 heavy (non-hydrogen) atoms. The fraction of sp³-hybridized carbons (Fsp3) is 0.300. The molecule has 0 aromatic heterocycles. The SMILES string of the molecule is CC(C#N)Cc1cccc(Cl)c1. The molecule has 0 amide bonds. The van der Waals surface area contributed by atoms with Crippen molar-refractivity contribution in [3.05, 3.63) is 34.9 Å². The van der Waals surface area contributed by atoms with Gasteiger partial charge in [-0.25, -0.2) is 0 Å². The highest BCUT2D eigenvalue weighted by molar-refractivity contribution is 6.30. The van der Waals surface area contributed by atoms with Gasteiger partial charge in [0.2, 0.25) is 0 Å². The van der Waals surface area contributed by atoms with Gasteiger partial charge in [-0.1, -0.05) is 23.7 Å². The summed E-state index contributed by atoms with van der Waals surface area (Å²) >= 11 is 5.79. The predicted octanol–water partition coefficient (Wildman–Crippen LogP) is 3.04. The third-order valence-corrected chi connectivity index (χ3v) is 1.89. The van der Waals surface area contributed by atoms with Crippen LogP contribution in [0.3, 0.4) is 0 Å². The van der Waals surface area contributed by atoms with Gasteiger partial charge in [0.15, 0.2) is 0 Å². The molecule has 62 valence electrons. The normalized spacial score (nSPS) is 12.1. The van der Waals surface area contributed by atoms with Crippen LogP contribution in [0.4, 0.5) is 0 Å². The topological polar surface area (TPSA) is 23.8 Å². The van der Waals surface area contributed by atoms with E-state index in [2.05, 4.69) is 6.07 Å². The monoisotopic (exact) mass is 179 g/mol. The van der Waals surface area contributed by atoms with Gasteiger partial charge in [0.05, 0.1) is 6.07 Å². The van der Waals surface area contributed by atoms with Crippen LogP contribution in [0, 0.1) is 17.2 Å². The van der Waals surface area contributed by atoms with E-state index < -0.39 is 0 Å². The first-order valence-corrected chi connectivity index (χ1v) is 4.24. The molecule has 1 rings (SSSR count). The number of nitriles is 1. The second-order valence-electron chi connectivity index (χ2n) is 2.86. The summed E-state index contributed by atoms with van der Waals surface area (Å²) < 4.78 is 0. The summed E-state index contributed by atoms with van der Waals surface area (Å²) in [5.74, 6) is 0.0588. The molecular weight excluding hydrogens is 170 g/mol. The molecule has 2 heteroatoms. The zero-order chi connectivity index (χ0) is 8.97. The Labute approximate surface area is 77.6 Å². The lowest BCUT2D eigenvalue weighted by Gasteiger charge is -2.02. The Morgan fingerprint density at radius 2 is 2.33 bits per heavy atom. The average Bonchev–Trinajstić information content (AvgIpc) is 2.04. The Bertz CT molecular complexity index is 301. The van der Waals surface area contributed by atoms with Crippen molar-refractivity contribution >= 4 is 11.6 Å². The predicted molar refractivity (Wildman–Crippen MR) is 49.9 cm³/mol. The summed E-state index contributed by atoms with van der Waals surface area (Å²) in [6.45, 7) is 1.90. The van der Waals surface area contributed by atoms with Gasteiger partial charge in [0.1, 0.15) is 0 Å². The lowest BCUT2D eigenvalue weighted by atomic mass is 10.0. The Hall–Kier alpha value is -1.00. The molecule has 1 aromatic rings. The summed E-state index contributed by atoms with van der Waals surface area (Å²) in [7, 11) is 0. The van der Waals surface area contributed by atoms with E-state index >= 15 is 0 Å². The van der Waals surface area contributed by atoms with Crippen LogP contribution in [-0.2, 0) is 6.42 Å². The average molecular weight is 180 g/mol. The maximum atomic E-state index is 8.58. The van der Waals surface area contributed by atoms with Gasteiger partial charge in [-0.05, 0) is 31.0 Å². The van der Waals surface area contributed by atoms with Crippen molar-refractivity contribution in [1.82, 2.24) is 0 Å². The van der Waals surface area contributed by atoms with E-state index in [9.17, 15) is 0 Å². The standard InChI is InChI=1S/C10H10ClN/c1-8(7-12)5-9-3-2-4-10(11)6-9/h2-4,6,8H,5H2,1H3. The maximum absolute atomic E-state index is 8.58. The highest BCUT2D eigenvalue weighted by atomic mass is 35.5. The summed E-state index contributed by atoms with van der Waals surface area (Å²) in [5, 5.41) is 9.32. The summed E-state index contributed by atoms with van der Waals surface area (Å²) in [6, 6.07) is 9.81. The minimum Gasteiger partial charge on any atom is -0.198 e. The molecule has 0 aliphatic heterocycles. The molecule has 0 radical (unpaired) electrons. The zero-order valence-corrected chi connectivity index (χ0v) is 7.67. The van der Waals surface area contributed by atoms with E-state index in [0.29, 0.717) is 0 Å². The van der Waals surface area contributed by atoms with Gasteiger partial charge in [0, 0.05) is 10.9 Å². The lowest BCUT2D eigenvalue weighted by molar-refractivity contribution is 0.739. The van der Waals surface area contributed by atoms with Crippen molar-refractivity contribution in [2.45, 2.75) is 13.3 Å². The van der Waals surface area contributed by atoms with Gasteiger partial charge in [0.25, 0.3) is 0 Å². The van der Waals surface area contributed by atoms with Crippen LogP contribution in [0.15, 0.2) is 24.3 Å². The van der Waals surface area contributed by atoms with E-state index in [1.807, 2.05) is 31.2 Å². The molecule has 0 saturated heterocycles. The third-order valence-electron chi connectivity index (χ3n) is 1.65. The molecule has 0 aliphatic rings. The van der Waals surface area contributed by atoms with Gasteiger partial charge in [-0.2, -0.15) is 5.26 Å². The van der Waals surface area contributed by atoms with Crippen molar-refractivity contribution in [3.63, 3.8) is 0 Å². The fourth-order valence-corrected chi connectivity index (χ4v) is 1.28. The molecule has 0 spiro atoms. The molecule has 1 atom stereocenters. The minimum atomic E-state index is 0.0588. The highest BCUT2D eigenvalue weighted by Crippen LogP contribution is 2.13. The molecule has 0 bridgehead atoms. The van der Waals surface area contributed by atoms with Crippen molar-refractivity contribution < 1.29 is 0 Å². The van der Waals surface area contributed by atoms with Crippen LogP contribution < -0.4 is 0 Å². The summed E-state index contributed by atoms with van der Waals surface area (Å²) in [5.41, 5.74) is 1.12. The number of rotatable bonds is 2. The van der Waals surface area contributed by atoms with Gasteiger partial charge < -0.3 is 0 Å². The molecule has 0 aliphatic carbocycles. The van der Waals surface area contributed by atoms with Gasteiger partial charge in [-0.15, -0.1) is 0 Å². The zero-order valence-electron chi connectivity index (χ0n) is 6.92. The van der Waals surface area contributed by atoms with E-state index in [4.69, 9.17) is 16.9 Å². The molecule has 1 aromatic carbocycles. The second kappa shape index (κ2) is 4.13. The van der Waals surface area contributed by atoms with Crippen LogP contribution >= 0.6 is 11.6 Å². The maximum Gasteiger partial charge on any atom is 0.0656 e. The number of benzene rings is 1. The third kappa shape index (κ3) is 2.56. The first-order valence-electron chi connectivity index (χ1n) is 3.86. The van der Waals surface area contributed by atoms with Crippen molar-refractivity contribution in [1.29, 1.82) is 5.26 Å². The summed E-state index contributed by atoms with van der Waals surface area (Å²) in [6.07, 6.45) is 0.775. The van der Waals surface area contributed by atoms with Crippen LogP contribution in [0.5, 0.6) is 0 Å². The van der Waals surface area contributed by atoms with Crippen molar-refractivity contribution in [2.75, 3.05) is 0 Å². The molecule has 0 fully saturated rings. The number of halogens is 1. The lowest BCUT2D eigenvalue weighted by Crippen LogP contribution is -1.95. The van der Waals surface area contributed by atoms with Crippen LogP contribution in [0.2, 0.25) is 5.02 Å². The van der Waals surface area contributed by atoms with E-state index in [1.54, 1.807) is 0 Å². The quantitative estimate of drug-likeness (QED) is 0.685.